The van der Waals surface area contributed by atoms with Gasteiger partial charge in [-0.25, -0.2) is 0 Å². The monoisotopic (exact) mass is 228 g/mol. The first-order valence-corrected chi connectivity index (χ1v) is 6.18. The molecule has 0 radical (unpaired) electrons. The summed E-state index contributed by atoms with van der Waals surface area (Å²) in [7, 11) is 0. The maximum Gasteiger partial charge on any atom is 0.0662 e. The molecule has 0 saturated heterocycles. The van der Waals surface area contributed by atoms with E-state index in [0.29, 0.717) is 5.92 Å². The third-order valence-electron chi connectivity index (χ3n) is 2.38. The van der Waals surface area contributed by atoms with Crippen LogP contribution in [-0.2, 0) is 0 Å². The fourth-order valence-electron chi connectivity index (χ4n) is 1.36. The van der Waals surface area contributed by atoms with Crippen molar-refractivity contribution in [3.63, 3.8) is 0 Å². The van der Waals surface area contributed by atoms with Crippen molar-refractivity contribution in [1.29, 1.82) is 0 Å². The van der Waals surface area contributed by atoms with Crippen LogP contribution in [0.4, 0.5) is 0 Å². The summed E-state index contributed by atoms with van der Waals surface area (Å²) in [5.41, 5.74) is 0. The Morgan fingerprint density at radius 1 is 1.50 bits per heavy atom. The van der Waals surface area contributed by atoms with Crippen LogP contribution in [0.3, 0.4) is 0 Å². The molecule has 0 heterocycles. The third-order valence-corrected chi connectivity index (χ3v) is 3.71. The van der Waals surface area contributed by atoms with Crippen molar-refractivity contribution < 1.29 is 5.11 Å². The highest BCUT2D eigenvalue weighted by atomic mass is 35.5. The first-order valence-electron chi connectivity index (χ1n) is 4.82. The van der Waals surface area contributed by atoms with E-state index >= 15 is 0 Å². The molecular weight excluding hydrogens is 216 g/mol. The zero-order valence-corrected chi connectivity index (χ0v) is 9.39. The number of hydrogen-bond acceptors (Lipinski definition) is 2. The summed E-state index contributed by atoms with van der Waals surface area (Å²) in [4.78, 5) is 1.14. The van der Waals surface area contributed by atoms with E-state index in [0.717, 1.165) is 15.7 Å². The topological polar surface area (TPSA) is 20.2 Å². The van der Waals surface area contributed by atoms with Gasteiger partial charge in [-0.05, 0) is 37.0 Å². The van der Waals surface area contributed by atoms with E-state index in [1.807, 2.05) is 24.3 Å². The summed E-state index contributed by atoms with van der Waals surface area (Å²) in [6.45, 7) is 0. The summed E-state index contributed by atoms with van der Waals surface area (Å²) < 4.78 is 0. The summed E-state index contributed by atoms with van der Waals surface area (Å²) in [6, 6.07) is 7.76. The molecule has 1 aliphatic rings. The predicted molar refractivity (Wildman–Crippen MR) is 60.9 cm³/mol. The van der Waals surface area contributed by atoms with E-state index in [9.17, 15) is 5.11 Å². The Morgan fingerprint density at radius 2 is 2.29 bits per heavy atom. The summed E-state index contributed by atoms with van der Waals surface area (Å²) in [5.74, 6) is 1.34. The number of halogens is 1. The maximum atomic E-state index is 9.67. The Hall–Kier alpha value is -0.180. The lowest BCUT2D eigenvalue weighted by Gasteiger charge is -2.08. The second-order valence-electron chi connectivity index (χ2n) is 3.67. The van der Waals surface area contributed by atoms with Crippen LogP contribution >= 0.6 is 23.4 Å². The number of rotatable bonds is 4. The molecule has 1 unspecified atom stereocenters. The molecule has 0 aromatic heterocycles. The fraction of sp³-hybridized carbons (Fsp3) is 0.455. The average molecular weight is 229 g/mol. The summed E-state index contributed by atoms with van der Waals surface area (Å²) >= 11 is 7.54. The normalized spacial score (nSPS) is 18.1. The number of aliphatic hydroxyl groups is 1. The van der Waals surface area contributed by atoms with Crippen molar-refractivity contribution in [2.45, 2.75) is 23.8 Å². The zero-order chi connectivity index (χ0) is 9.97. The minimum Gasteiger partial charge on any atom is -0.392 e. The van der Waals surface area contributed by atoms with Crippen LogP contribution in [0.15, 0.2) is 29.2 Å². The van der Waals surface area contributed by atoms with Gasteiger partial charge in [0.25, 0.3) is 0 Å². The first-order chi connectivity index (χ1) is 6.75. The summed E-state index contributed by atoms with van der Waals surface area (Å²) in [6.07, 6.45) is 2.24. The molecule has 76 valence electrons. The highest BCUT2D eigenvalue weighted by molar-refractivity contribution is 7.99. The van der Waals surface area contributed by atoms with Crippen molar-refractivity contribution in [3.05, 3.63) is 29.3 Å². The molecule has 0 bridgehead atoms. The number of aliphatic hydroxyl groups excluding tert-OH is 1. The number of benzene rings is 1. The minimum absolute atomic E-state index is 0.140. The molecule has 1 saturated carbocycles. The van der Waals surface area contributed by atoms with Crippen LogP contribution in [0.5, 0.6) is 0 Å². The molecule has 1 aliphatic carbocycles. The lowest BCUT2D eigenvalue weighted by Crippen LogP contribution is -2.11. The van der Waals surface area contributed by atoms with Crippen LogP contribution in [-0.4, -0.2) is 17.0 Å². The van der Waals surface area contributed by atoms with Crippen molar-refractivity contribution in [1.82, 2.24) is 0 Å². The molecule has 0 aliphatic heterocycles. The second-order valence-corrected chi connectivity index (χ2v) is 5.20. The van der Waals surface area contributed by atoms with E-state index < -0.39 is 0 Å². The van der Waals surface area contributed by atoms with Crippen molar-refractivity contribution >= 4 is 23.4 Å². The Bertz CT molecular complexity index is 312. The first kappa shape index (κ1) is 10.3. The Kier molecular flexibility index (Phi) is 3.37. The van der Waals surface area contributed by atoms with Crippen molar-refractivity contribution in [2.75, 3.05) is 5.75 Å². The van der Waals surface area contributed by atoms with Gasteiger partial charge in [0.1, 0.15) is 0 Å². The molecule has 0 spiro atoms. The molecule has 3 heteroatoms. The van der Waals surface area contributed by atoms with Gasteiger partial charge >= 0.3 is 0 Å². The fourth-order valence-corrected chi connectivity index (χ4v) is 2.63. The Balaban J connectivity index is 1.84. The third kappa shape index (κ3) is 2.91. The van der Waals surface area contributed by atoms with Crippen molar-refractivity contribution in [3.8, 4) is 0 Å². The second kappa shape index (κ2) is 4.56. The van der Waals surface area contributed by atoms with E-state index in [4.69, 9.17) is 11.6 Å². The van der Waals surface area contributed by atoms with Gasteiger partial charge in [-0.15, -0.1) is 11.8 Å². The molecule has 1 fully saturated rings. The SMILES string of the molecule is OC(CSc1cccc(Cl)c1)C1CC1. The van der Waals surface area contributed by atoms with Gasteiger partial charge in [0.05, 0.1) is 6.10 Å². The minimum atomic E-state index is -0.140. The summed E-state index contributed by atoms with van der Waals surface area (Å²) in [5, 5.41) is 10.4. The lowest BCUT2D eigenvalue weighted by molar-refractivity contribution is 0.176. The molecule has 0 amide bonds. The van der Waals surface area contributed by atoms with E-state index in [1.54, 1.807) is 11.8 Å². The molecule has 1 atom stereocenters. The molecular formula is C11H13ClOS. The molecule has 2 rings (SSSR count). The average Bonchev–Trinajstić information content (AvgIpc) is 2.97. The maximum absolute atomic E-state index is 9.67. The van der Waals surface area contributed by atoms with Crippen LogP contribution in [0.25, 0.3) is 0 Å². The largest absolute Gasteiger partial charge is 0.392 e. The molecule has 1 aromatic rings. The zero-order valence-electron chi connectivity index (χ0n) is 7.82. The highest BCUT2D eigenvalue weighted by Gasteiger charge is 2.29. The quantitative estimate of drug-likeness (QED) is 0.799. The predicted octanol–water partition coefficient (Wildman–Crippen LogP) is 3.20. The van der Waals surface area contributed by atoms with E-state index in [1.165, 1.54) is 12.8 Å². The Labute approximate surface area is 93.5 Å². The molecule has 14 heavy (non-hydrogen) atoms. The van der Waals surface area contributed by atoms with E-state index in [-0.39, 0.29) is 6.10 Å². The molecule has 1 nitrogen and oxygen atoms in total. The molecule has 1 N–H and O–H groups in total. The van der Waals surface area contributed by atoms with Crippen LogP contribution < -0.4 is 0 Å². The van der Waals surface area contributed by atoms with Crippen LogP contribution in [0, 0.1) is 5.92 Å². The van der Waals surface area contributed by atoms with Crippen LogP contribution in [0.1, 0.15) is 12.8 Å². The van der Waals surface area contributed by atoms with Gasteiger partial charge in [0, 0.05) is 15.7 Å². The Morgan fingerprint density at radius 3 is 2.93 bits per heavy atom. The van der Waals surface area contributed by atoms with Gasteiger partial charge in [0.15, 0.2) is 0 Å². The van der Waals surface area contributed by atoms with Gasteiger partial charge in [0.2, 0.25) is 0 Å². The molecule has 1 aromatic carbocycles. The van der Waals surface area contributed by atoms with Gasteiger partial charge < -0.3 is 5.11 Å². The van der Waals surface area contributed by atoms with Gasteiger partial charge in [-0.3, -0.25) is 0 Å². The lowest BCUT2D eigenvalue weighted by atomic mass is 10.3. The van der Waals surface area contributed by atoms with Gasteiger partial charge in [-0.2, -0.15) is 0 Å². The number of hydrogen-bond donors (Lipinski definition) is 1. The van der Waals surface area contributed by atoms with Crippen LogP contribution in [0.2, 0.25) is 5.02 Å². The number of thioether (sulfide) groups is 1. The highest BCUT2D eigenvalue weighted by Crippen LogP contribution is 2.35. The van der Waals surface area contributed by atoms with E-state index in [2.05, 4.69) is 0 Å². The van der Waals surface area contributed by atoms with Crippen molar-refractivity contribution in [2.24, 2.45) is 5.92 Å². The standard InChI is InChI=1S/C11H13ClOS/c12-9-2-1-3-10(6-9)14-7-11(13)8-4-5-8/h1-3,6,8,11,13H,4-5,7H2. The van der Waals surface area contributed by atoms with Gasteiger partial charge in [-0.1, -0.05) is 17.7 Å². The smallest absolute Gasteiger partial charge is 0.0662 e.